The summed E-state index contributed by atoms with van der Waals surface area (Å²) in [7, 11) is 0. The number of nitriles is 1. The highest BCUT2D eigenvalue weighted by Gasteiger charge is 2.40. The van der Waals surface area contributed by atoms with E-state index in [4.69, 9.17) is 4.74 Å². The molecule has 4 aliphatic heterocycles. The number of nitrogens with zero attached hydrogens (tertiary/aromatic N) is 8. The second kappa shape index (κ2) is 16.8. The van der Waals surface area contributed by atoms with Gasteiger partial charge >= 0.3 is 0 Å². The van der Waals surface area contributed by atoms with Gasteiger partial charge in [-0.25, -0.2) is 4.39 Å². The molecule has 0 radical (unpaired) electrons. The zero-order chi connectivity index (χ0) is 41.3. The van der Waals surface area contributed by atoms with Crippen LogP contribution in [0.4, 0.5) is 15.9 Å². The number of ether oxygens (including phenoxy) is 1. The number of carbonyl (C=O) groups excluding carboxylic acids is 4. The van der Waals surface area contributed by atoms with E-state index in [0.717, 1.165) is 88.2 Å². The topological polar surface area (TPSA) is 177 Å². The van der Waals surface area contributed by atoms with E-state index in [1.165, 1.54) is 11.0 Å². The molecule has 4 fully saturated rings. The Kier molecular flexibility index (Phi) is 11.0. The first-order chi connectivity index (χ1) is 29.2. The van der Waals surface area contributed by atoms with Crippen LogP contribution >= 0.6 is 0 Å². The molecule has 1 atom stereocenters. The lowest BCUT2D eigenvalue weighted by atomic mass is 9.92. The fourth-order valence-electron chi connectivity index (χ4n) is 9.42. The predicted octanol–water partition coefficient (Wildman–Crippen LogP) is 3.96. The molecule has 4 amide bonds. The van der Waals surface area contributed by atoms with Crippen LogP contribution in [0.25, 0.3) is 10.9 Å². The number of imide groups is 1. The highest BCUT2D eigenvalue weighted by atomic mass is 19.1. The van der Waals surface area contributed by atoms with Gasteiger partial charge in [-0.3, -0.25) is 34.4 Å². The quantitative estimate of drug-likeness (QED) is 0.233. The molecule has 6 heterocycles. The number of rotatable bonds is 9. The molecule has 0 spiro atoms. The van der Waals surface area contributed by atoms with E-state index in [2.05, 4.69) is 41.7 Å². The van der Waals surface area contributed by atoms with Crippen LogP contribution in [-0.2, 0) is 16.1 Å². The van der Waals surface area contributed by atoms with Gasteiger partial charge in [0.2, 0.25) is 11.8 Å². The standard InChI is InChI=1S/C44H47FN10O5/c45-34-23-33-29(26-55(44(33)59)36-9-12-40(56)49-43(36)58)22-37(34)53-20-18-52(19-21-53)25-27-13-16-54(17-14-27)39-11-8-35(50-51-39)42(57)48-30-4-6-31(7-5-30)60-38-10-3-28(24-46)41-32(38)2-1-15-47-41/h1-3,8,10-11,15,22-23,27,30-31,36H,4-7,9,12-14,16-21,25-26H2,(H,48,57)(H,49,56,58)/t30-,31-,36-/m0/s1. The fourth-order valence-corrected chi connectivity index (χ4v) is 9.42. The molecule has 2 aromatic carbocycles. The molecule has 5 aliphatic rings. The van der Waals surface area contributed by atoms with Gasteiger partial charge in [0.15, 0.2) is 11.5 Å². The second-order valence-electron chi connectivity index (χ2n) is 16.5. The van der Waals surface area contributed by atoms with Crippen LogP contribution in [0, 0.1) is 23.1 Å². The Hall–Kier alpha value is -6.21. The fraction of sp³-hybridized carbons (Fsp3) is 0.455. The first kappa shape index (κ1) is 39.3. The third-order valence-corrected chi connectivity index (χ3v) is 12.8. The van der Waals surface area contributed by atoms with Crippen molar-refractivity contribution in [3.05, 3.63) is 82.9 Å². The van der Waals surface area contributed by atoms with Crippen molar-refractivity contribution in [1.82, 2.24) is 35.6 Å². The zero-order valence-corrected chi connectivity index (χ0v) is 33.3. The monoisotopic (exact) mass is 814 g/mol. The molecular formula is C44H47FN10O5. The molecule has 16 heteroatoms. The van der Waals surface area contributed by atoms with E-state index in [1.54, 1.807) is 24.4 Å². The number of amides is 4. The van der Waals surface area contributed by atoms with E-state index in [0.29, 0.717) is 47.0 Å². The Morgan fingerprint density at radius 3 is 2.45 bits per heavy atom. The van der Waals surface area contributed by atoms with Gasteiger partial charge in [0.25, 0.3) is 11.8 Å². The summed E-state index contributed by atoms with van der Waals surface area (Å²) >= 11 is 0. The van der Waals surface area contributed by atoms with Crippen molar-refractivity contribution in [2.75, 3.05) is 55.6 Å². The summed E-state index contributed by atoms with van der Waals surface area (Å²) < 4.78 is 21.8. The van der Waals surface area contributed by atoms with E-state index in [1.807, 2.05) is 29.2 Å². The van der Waals surface area contributed by atoms with Gasteiger partial charge < -0.3 is 24.8 Å². The summed E-state index contributed by atoms with van der Waals surface area (Å²) in [6, 6.07) is 15.5. The van der Waals surface area contributed by atoms with Crippen molar-refractivity contribution in [1.29, 1.82) is 5.26 Å². The number of piperidine rings is 2. The average Bonchev–Trinajstić information content (AvgIpc) is 3.58. The van der Waals surface area contributed by atoms with Crippen molar-refractivity contribution in [3.63, 3.8) is 0 Å². The number of halogens is 1. The van der Waals surface area contributed by atoms with Crippen molar-refractivity contribution in [2.24, 2.45) is 5.92 Å². The van der Waals surface area contributed by atoms with Crippen molar-refractivity contribution in [2.45, 2.75) is 76.1 Å². The SMILES string of the molecule is N#Cc1ccc(O[C@H]2CC[C@H](NC(=O)c3ccc(N4CCC(CN5CCN(c6cc7c(cc6F)C(=O)N([C@H]6CCC(=O)NC6=O)C7)CC5)CC4)nn3)CC2)c2cccnc12. The van der Waals surface area contributed by atoms with Crippen LogP contribution in [0.15, 0.2) is 54.7 Å². The molecule has 4 aromatic rings. The molecule has 15 nitrogen and oxygen atoms in total. The average molecular weight is 815 g/mol. The van der Waals surface area contributed by atoms with Gasteiger partial charge in [0.05, 0.1) is 22.9 Å². The molecular weight excluding hydrogens is 768 g/mol. The molecule has 1 saturated carbocycles. The summed E-state index contributed by atoms with van der Waals surface area (Å²) in [5.74, 6) is 0.136. The van der Waals surface area contributed by atoms with Gasteiger partial charge in [-0.15, -0.1) is 10.2 Å². The van der Waals surface area contributed by atoms with Crippen LogP contribution in [0.2, 0.25) is 0 Å². The molecule has 3 saturated heterocycles. The third kappa shape index (κ3) is 8.05. The maximum absolute atomic E-state index is 15.4. The number of benzene rings is 2. The smallest absolute Gasteiger partial charge is 0.272 e. The van der Waals surface area contributed by atoms with Crippen LogP contribution in [0.1, 0.15) is 83.3 Å². The number of fused-ring (bicyclic) bond motifs is 2. The lowest BCUT2D eigenvalue weighted by Gasteiger charge is -2.40. The lowest BCUT2D eigenvalue weighted by Crippen LogP contribution is -2.52. The van der Waals surface area contributed by atoms with E-state index in [-0.39, 0.29) is 54.8 Å². The first-order valence-corrected chi connectivity index (χ1v) is 21.0. The maximum atomic E-state index is 15.4. The van der Waals surface area contributed by atoms with Crippen LogP contribution in [-0.4, -0.2) is 113 Å². The van der Waals surface area contributed by atoms with Crippen molar-refractivity contribution < 1.29 is 28.3 Å². The van der Waals surface area contributed by atoms with E-state index >= 15 is 4.39 Å². The Labute approximate surface area is 346 Å². The predicted molar refractivity (Wildman–Crippen MR) is 219 cm³/mol. The maximum Gasteiger partial charge on any atom is 0.272 e. The Morgan fingerprint density at radius 1 is 0.917 bits per heavy atom. The number of anilines is 2. The second-order valence-corrected chi connectivity index (χ2v) is 16.5. The van der Waals surface area contributed by atoms with Gasteiger partial charge in [0, 0.05) is 82.0 Å². The Morgan fingerprint density at radius 2 is 1.72 bits per heavy atom. The van der Waals surface area contributed by atoms with Gasteiger partial charge in [0.1, 0.15) is 23.7 Å². The Bertz CT molecular complexity index is 2350. The summed E-state index contributed by atoms with van der Waals surface area (Å²) in [5.41, 5.74) is 2.91. The van der Waals surface area contributed by atoms with E-state index in [9.17, 15) is 24.4 Å². The van der Waals surface area contributed by atoms with Crippen molar-refractivity contribution >= 4 is 46.0 Å². The highest BCUT2D eigenvalue weighted by molar-refractivity contribution is 6.05. The number of nitrogens with one attached hydrogen (secondary N) is 2. The number of pyridine rings is 1. The third-order valence-electron chi connectivity index (χ3n) is 12.8. The van der Waals surface area contributed by atoms with Crippen molar-refractivity contribution in [3.8, 4) is 11.8 Å². The normalized spacial score (nSPS) is 22.7. The molecule has 310 valence electrons. The number of piperazine rings is 1. The minimum atomic E-state index is -0.732. The lowest BCUT2D eigenvalue weighted by molar-refractivity contribution is -0.136. The van der Waals surface area contributed by atoms with Crippen LogP contribution in [0.5, 0.6) is 5.75 Å². The zero-order valence-electron chi connectivity index (χ0n) is 33.3. The first-order valence-electron chi connectivity index (χ1n) is 21.0. The molecule has 0 bridgehead atoms. The minimum Gasteiger partial charge on any atom is -0.490 e. The molecule has 9 rings (SSSR count). The molecule has 60 heavy (non-hydrogen) atoms. The molecule has 0 unspecified atom stereocenters. The molecule has 2 N–H and O–H groups in total. The van der Waals surface area contributed by atoms with Gasteiger partial charge in [-0.1, -0.05) is 0 Å². The summed E-state index contributed by atoms with van der Waals surface area (Å²) in [6.07, 6.45) is 7.28. The molecule has 2 aromatic heterocycles. The summed E-state index contributed by atoms with van der Waals surface area (Å²) in [4.78, 5) is 62.8. The summed E-state index contributed by atoms with van der Waals surface area (Å²) in [5, 5.41) is 24.4. The highest BCUT2D eigenvalue weighted by Crippen LogP contribution is 2.34. The molecule has 1 aliphatic carbocycles. The van der Waals surface area contributed by atoms with Gasteiger partial charge in [-0.2, -0.15) is 5.26 Å². The number of hydrogen-bond donors (Lipinski definition) is 2. The Balaban J connectivity index is 0.702. The van der Waals surface area contributed by atoms with Crippen LogP contribution < -0.4 is 25.2 Å². The number of aromatic nitrogens is 3. The largest absolute Gasteiger partial charge is 0.490 e. The number of hydrogen-bond acceptors (Lipinski definition) is 12. The van der Waals surface area contributed by atoms with Crippen LogP contribution in [0.3, 0.4) is 0 Å². The minimum absolute atomic E-state index is 0.00835. The number of carbonyl (C=O) groups is 4. The van der Waals surface area contributed by atoms with E-state index < -0.39 is 17.8 Å². The summed E-state index contributed by atoms with van der Waals surface area (Å²) in [6.45, 7) is 5.81. The van der Waals surface area contributed by atoms with Gasteiger partial charge in [-0.05, 0) is 105 Å².